The first-order valence-corrected chi connectivity index (χ1v) is 9.97. The Kier molecular flexibility index (Phi) is 6.21. The largest absolute Gasteiger partial charge is 0.375 e. The minimum atomic E-state index is -3.03. The fraction of sp³-hybridized carbons (Fsp3) is 0.350. The number of rotatable bonds is 7. The molecule has 0 aliphatic carbocycles. The molecule has 1 saturated heterocycles. The first-order valence-electron chi connectivity index (χ1n) is 8.89. The Hall–Kier alpha value is -1.78. The van der Waals surface area contributed by atoms with Crippen LogP contribution in [0.4, 0.5) is 8.78 Å². The molecule has 1 aromatic carbocycles. The second-order valence-electron chi connectivity index (χ2n) is 6.83. The average molecular weight is 501 g/mol. The minimum absolute atomic E-state index is 0.0193. The molecular weight excluding hydrogens is 479 g/mol. The zero-order valence-corrected chi connectivity index (χ0v) is 17.6. The maximum Gasteiger partial charge on any atom is 0.291 e. The van der Waals surface area contributed by atoms with Gasteiger partial charge in [-0.3, -0.25) is 9.69 Å². The van der Waals surface area contributed by atoms with Crippen LogP contribution in [0.25, 0.3) is 10.9 Å². The summed E-state index contributed by atoms with van der Waals surface area (Å²) in [4.78, 5) is 14.2. The van der Waals surface area contributed by atoms with Crippen molar-refractivity contribution < 1.29 is 18.7 Å². The van der Waals surface area contributed by atoms with Crippen LogP contribution < -0.4 is 5.32 Å². The topological polar surface area (TPSA) is 57.5 Å². The van der Waals surface area contributed by atoms with Crippen molar-refractivity contribution in [3.63, 3.8) is 0 Å². The van der Waals surface area contributed by atoms with Crippen LogP contribution >= 0.6 is 22.6 Å². The molecule has 1 fully saturated rings. The van der Waals surface area contributed by atoms with Crippen molar-refractivity contribution in [3.05, 3.63) is 58.3 Å². The highest BCUT2D eigenvalue weighted by Crippen LogP contribution is 2.33. The zero-order chi connectivity index (χ0) is 20.5. The summed E-state index contributed by atoms with van der Waals surface area (Å²) in [6.07, 6.45) is 4.74. The molecule has 2 aromatic rings. The lowest BCUT2D eigenvalue weighted by Gasteiger charge is -2.41. The van der Waals surface area contributed by atoms with E-state index in [2.05, 4.69) is 34.5 Å². The Bertz CT molecular complexity index is 920. The molecule has 1 atom stereocenters. The quantitative estimate of drug-likeness (QED) is 0.453. The number of amides is 1. The van der Waals surface area contributed by atoms with E-state index in [1.54, 1.807) is 28.7 Å². The minimum Gasteiger partial charge on any atom is -0.375 e. The molecule has 1 aliphatic heterocycles. The highest BCUT2D eigenvalue weighted by Gasteiger charge is 2.31. The molecule has 1 amide bonds. The Labute approximate surface area is 175 Å². The van der Waals surface area contributed by atoms with Crippen LogP contribution in [0.2, 0.25) is 0 Å². The molecule has 150 valence electrons. The molecule has 8 heteroatoms. The number of carbonyl (C=O) groups is 1. The van der Waals surface area contributed by atoms with Gasteiger partial charge in [-0.1, -0.05) is 18.7 Å². The van der Waals surface area contributed by atoms with E-state index in [-0.39, 0.29) is 24.1 Å². The number of aromatic nitrogens is 1. The number of halogens is 3. The van der Waals surface area contributed by atoms with Crippen molar-refractivity contribution in [3.8, 4) is 0 Å². The van der Waals surface area contributed by atoms with Crippen LogP contribution in [-0.4, -0.2) is 45.8 Å². The highest BCUT2D eigenvalue weighted by molar-refractivity contribution is 14.1. The smallest absolute Gasteiger partial charge is 0.291 e. The molecule has 1 aliphatic rings. The number of likely N-dealkylation sites (tertiary alicyclic amines) is 1. The number of allylic oxidation sites excluding steroid dienone is 2. The predicted octanol–water partition coefficient (Wildman–Crippen LogP) is 3.22. The van der Waals surface area contributed by atoms with Crippen molar-refractivity contribution in [2.24, 2.45) is 0 Å². The molecule has 0 radical (unpaired) electrons. The number of aliphatic hydroxyl groups is 1. The number of aliphatic hydroxyl groups excluding tert-OH is 1. The maximum absolute atomic E-state index is 14.1. The van der Waals surface area contributed by atoms with E-state index in [0.717, 1.165) is 15.2 Å². The van der Waals surface area contributed by atoms with Gasteiger partial charge in [-0.2, -0.15) is 8.78 Å². The Balaban J connectivity index is 1.70. The fourth-order valence-electron chi connectivity index (χ4n) is 3.29. The van der Waals surface area contributed by atoms with Gasteiger partial charge in [0.15, 0.2) is 0 Å². The monoisotopic (exact) mass is 501 g/mol. The summed E-state index contributed by atoms with van der Waals surface area (Å²) < 4.78 is 30.9. The first-order chi connectivity index (χ1) is 13.2. The van der Waals surface area contributed by atoms with Gasteiger partial charge in [0.2, 0.25) is 5.91 Å². The summed E-state index contributed by atoms with van der Waals surface area (Å²) in [5, 5.41) is 13.2. The lowest BCUT2D eigenvalue weighted by atomic mass is 10.1. The summed E-state index contributed by atoms with van der Waals surface area (Å²) >= 11 is 2.09. The first kappa shape index (κ1) is 20.9. The normalized spacial score (nSPS) is 17.0. The van der Waals surface area contributed by atoms with Gasteiger partial charge in [-0.25, -0.2) is 0 Å². The van der Waals surface area contributed by atoms with Gasteiger partial charge in [0.25, 0.3) is 5.92 Å². The van der Waals surface area contributed by atoms with E-state index >= 15 is 0 Å². The standard InChI is InChI=1S/C20H22F2IN3O2/c1-3-7-20(21,22)13-5-6-17-15(8-13)16(23)11-25(17)12-18(27)24-14-9-26(10-14)19(28)4-2/h3-8,11,14,19,28H,2,9-10,12H2,1H3,(H,24,27)/b7-3+. The van der Waals surface area contributed by atoms with E-state index in [4.69, 9.17) is 0 Å². The molecule has 0 saturated carbocycles. The Morgan fingerprint density at radius 2 is 2.21 bits per heavy atom. The van der Waals surface area contributed by atoms with Crippen LogP contribution in [0.3, 0.4) is 0 Å². The second-order valence-corrected chi connectivity index (χ2v) is 7.99. The van der Waals surface area contributed by atoms with Gasteiger partial charge in [0.1, 0.15) is 12.8 Å². The van der Waals surface area contributed by atoms with Crippen LogP contribution in [0, 0.1) is 3.57 Å². The number of carbonyl (C=O) groups excluding carboxylic acids is 1. The van der Waals surface area contributed by atoms with Crippen LogP contribution in [-0.2, 0) is 17.3 Å². The SMILES string of the molecule is C=CC(O)N1CC(NC(=O)Cn2cc(I)c3cc(C(F)(F)/C=C/C)ccc32)C1. The van der Waals surface area contributed by atoms with E-state index in [9.17, 15) is 18.7 Å². The molecule has 1 unspecified atom stereocenters. The molecular formula is C20H22F2IN3O2. The Morgan fingerprint density at radius 1 is 1.50 bits per heavy atom. The van der Waals surface area contributed by atoms with Crippen molar-refractivity contribution in [1.29, 1.82) is 0 Å². The second kappa shape index (κ2) is 8.30. The molecule has 2 heterocycles. The van der Waals surface area contributed by atoms with Crippen molar-refractivity contribution in [2.75, 3.05) is 13.1 Å². The van der Waals surface area contributed by atoms with E-state index in [1.165, 1.54) is 24.3 Å². The summed E-state index contributed by atoms with van der Waals surface area (Å²) in [5.74, 6) is -3.19. The van der Waals surface area contributed by atoms with Gasteiger partial charge in [-0.15, -0.1) is 0 Å². The van der Waals surface area contributed by atoms with Crippen molar-refractivity contribution in [2.45, 2.75) is 31.7 Å². The van der Waals surface area contributed by atoms with Gasteiger partial charge in [0, 0.05) is 39.3 Å². The Morgan fingerprint density at radius 3 is 2.86 bits per heavy atom. The highest BCUT2D eigenvalue weighted by atomic mass is 127. The van der Waals surface area contributed by atoms with Crippen LogP contribution in [0.15, 0.2) is 49.2 Å². The molecule has 2 N–H and O–H groups in total. The number of nitrogens with one attached hydrogen (secondary N) is 1. The average Bonchev–Trinajstić information content (AvgIpc) is 2.92. The summed E-state index contributed by atoms with van der Waals surface area (Å²) in [6.45, 7) is 6.32. The fourth-order valence-corrected chi connectivity index (χ4v) is 4.06. The molecule has 3 rings (SSSR count). The van der Waals surface area contributed by atoms with E-state index in [1.807, 2.05) is 0 Å². The van der Waals surface area contributed by atoms with Gasteiger partial charge >= 0.3 is 0 Å². The van der Waals surface area contributed by atoms with Crippen LogP contribution in [0.5, 0.6) is 0 Å². The lowest BCUT2D eigenvalue weighted by Crippen LogP contribution is -2.62. The number of hydrogen-bond acceptors (Lipinski definition) is 3. The zero-order valence-electron chi connectivity index (χ0n) is 15.4. The molecule has 28 heavy (non-hydrogen) atoms. The summed E-state index contributed by atoms with van der Waals surface area (Å²) in [7, 11) is 0. The van der Waals surface area contributed by atoms with E-state index < -0.39 is 12.2 Å². The molecule has 5 nitrogen and oxygen atoms in total. The predicted molar refractivity (Wildman–Crippen MR) is 113 cm³/mol. The summed E-state index contributed by atoms with van der Waals surface area (Å²) in [5.41, 5.74) is 0.658. The molecule has 0 spiro atoms. The molecule has 0 bridgehead atoms. The third-order valence-electron chi connectivity index (χ3n) is 4.77. The van der Waals surface area contributed by atoms with Crippen molar-refractivity contribution in [1.82, 2.24) is 14.8 Å². The van der Waals surface area contributed by atoms with Crippen LogP contribution in [0.1, 0.15) is 12.5 Å². The van der Waals surface area contributed by atoms with Gasteiger partial charge < -0.3 is 15.0 Å². The van der Waals surface area contributed by atoms with Crippen molar-refractivity contribution >= 4 is 39.4 Å². The number of nitrogens with zero attached hydrogens (tertiary/aromatic N) is 2. The maximum atomic E-state index is 14.1. The third kappa shape index (κ3) is 4.28. The summed E-state index contributed by atoms with van der Waals surface area (Å²) in [6, 6.07) is 4.48. The lowest BCUT2D eigenvalue weighted by molar-refractivity contribution is -0.124. The number of fused-ring (bicyclic) bond motifs is 1. The number of benzene rings is 1. The number of alkyl halides is 2. The number of hydrogen-bond donors (Lipinski definition) is 2. The van der Waals surface area contributed by atoms with Gasteiger partial charge in [-0.05, 0) is 53.8 Å². The molecule has 1 aromatic heterocycles. The third-order valence-corrected chi connectivity index (χ3v) is 5.63. The van der Waals surface area contributed by atoms with E-state index in [0.29, 0.717) is 18.5 Å². The van der Waals surface area contributed by atoms with Gasteiger partial charge in [0.05, 0.1) is 6.04 Å².